The molecule has 0 aromatic carbocycles. The van der Waals surface area contributed by atoms with Gasteiger partial charge in [-0.1, -0.05) is 0 Å². The minimum absolute atomic E-state index is 0.335. The highest BCUT2D eigenvalue weighted by molar-refractivity contribution is 9.10. The van der Waals surface area contributed by atoms with Crippen LogP contribution in [-0.4, -0.2) is 33.6 Å². The molecular weight excluding hydrogens is 318 g/mol. The SMILES string of the molecule is ClCCc1nc2cc(Br)cnc2n1C1CCOC1. The van der Waals surface area contributed by atoms with E-state index >= 15 is 0 Å². The molecule has 2 aromatic rings. The van der Waals surface area contributed by atoms with Crippen LogP contribution in [0.4, 0.5) is 0 Å². The molecule has 1 aliphatic heterocycles. The Hall–Kier alpha value is -0.650. The van der Waals surface area contributed by atoms with Crippen molar-refractivity contribution in [3.05, 3.63) is 22.6 Å². The van der Waals surface area contributed by atoms with E-state index in [1.54, 1.807) is 6.20 Å². The predicted molar refractivity (Wildman–Crippen MR) is 74.1 cm³/mol. The normalized spacial score (nSPS) is 19.8. The monoisotopic (exact) mass is 329 g/mol. The van der Waals surface area contributed by atoms with Crippen molar-refractivity contribution in [3.8, 4) is 0 Å². The molecule has 2 aromatic heterocycles. The highest BCUT2D eigenvalue weighted by Gasteiger charge is 2.23. The molecular formula is C12H13BrClN3O. The van der Waals surface area contributed by atoms with Gasteiger partial charge in [0.2, 0.25) is 0 Å². The second-order valence-electron chi connectivity index (χ2n) is 4.35. The Morgan fingerprint density at radius 1 is 1.56 bits per heavy atom. The number of ether oxygens (including phenoxy) is 1. The molecule has 0 amide bonds. The van der Waals surface area contributed by atoms with Gasteiger partial charge in [-0.25, -0.2) is 9.97 Å². The van der Waals surface area contributed by atoms with Crippen LogP contribution in [0.15, 0.2) is 16.7 Å². The van der Waals surface area contributed by atoms with E-state index in [1.807, 2.05) is 6.07 Å². The van der Waals surface area contributed by atoms with Gasteiger partial charge in [0.05, 0.1) is 12.6 Å². The number of hydrogen-bond donors (Lipinski definition) is 0. The van der Waals surface area contributed by atoms with Crippen molar-refractivity contribution in [3.63, 3.8) is 0 Å². The van der Waals surface area contributed by atoms with E-state index in [0.717, 1.165) is 47.5 Å². The van der Waals surface area contributed by atoms with Crippen LogP contribution in [0.3, 0.4) is 0 Å². The van der Waals surface area contributed by atoms with Crippen molar-refractivity contribution in [1.82, 2.24) is 14.5 Å². The van der Waals surface area contributed by atoms with Crippen LogP contribution in [-0.2, 0) is 11.2 Å². The van der Waals surface area contributed by atoms with Crippen LogP contribution in [0.1, 0.15) is 18.3 Å². The first-order valence-electron chi connectivity index (χ1n) is 5.95. The Labute approximate surface area is 118 Å². The van der Waals surface area contributed by atoms with Crippen LogP contribution < -0.4 is 0 Å². The van der Waals surface area contributed by atoms with Gasteiger partial charge in [0, 0.05) is 29.6 Å². The maximum absolute atomic E-state index is 5.86. The summed E-state index contributed by atoms with van der Waals surface area (Å²) in [5.74, 6) is 1.57. The Morgan fingerprint density at radius 3 is 3.17 bits per heavy atom. The summed E-state index contributed by atoms with van der Waals surface area (Å²) in [7, 11) is 0. The zero-order chi connectivity index (χ0) is 12.5. The summed E-state index contributed by atoms with van der Waals surface area (Å²) in [5.41, 5.74) is 1.84. The van der Waals surface area contributed by atoms with Crippen LogP contribution in [0.5, 0.6) is 0 Å². The third-order valence-corrected chi connectivity index (χ3v) is 3.78. The van der Waals surface area contributed by atoms with Crippen molar-refractivity contribution in [1.29, 1.82) is 0 Å². The smallest absolute Gasteiger partial charge is 0.160 e. The lowest BCUT2D eigenvalue weighted by atomic mass is 10.2. The Kier molecular flexibility index (Phi) is 3.54. The lowest BCUT2D eigenvalue weighted by Crippen LogP contribution is -2.13. The van der Waals surface area contributed by atoms with Crippen LogP contribution in [0.25, 0.3) is 11.2 Å². The number of nitrogens with zero attached hydrogens (tertiary/aromatic N) is 3. The summed E-state index contributed by atoms with van der Waals surface area (Å²) >= 11 is 9.29. The Morgan fingerprint density at radius 2 is 2.44 bits per heavy atom. The number of halogens is 2. The predicted octanol–water partition coefficient (Wildman–Crippen LogP) is 2.94. The van der Waals surface area contributed by atoms with Crippen molar-refractivity contribution in [2.24, 2.45) is 0 Å². The minimum Gasteiger partial charge on any atom is -0.379 e. The highest BCUT2D eigenvalue weighted by Crippen LogP contribution is 2.27. The van der Waals surface area contributed by atoms with Gasteiger partial charge < -0.3 is 9.30 Å². The van der Waals surface area contributed by atoms with Crippen LogP contribution >= 0.6 is 27.5 Å². The number of rotatable bonds is 3. The third-order valence-electron chi connectivity index (χ3n) is 3.16. The lowest BCUT2D eigenvalue weighted by Gasteiger charge is -2.13. The average Bonchev–Trinajstić information content (AvgIpc) is 2.95. The summed E-state index contributed by atoms with van der Waals surface area (Å²) in [6, 6.07) is 2.33. The van der Waals surface area contributed by atoms with E-state index in [-0.39, 0.29) is 0 Å². The van der Waals surface area contributed by atoms with Gasteiger partial charge in [-0.3, -0.25) is 0 Å². The van der Waals surface area contributed by atoms with Gasteiger partial charge in [-0.15, -0.1) is 11.6 Å². The minimum atomic E-state index is 0.335. The zero-order valence-electron chi connectivity index (χ0n) is 9.77. The van der Waals surface area contributed by atoms with Crippen molar-refractivity contribution < 1.29 is 4.74 Å². The molecule has 96 valence electrons. The first-order chi connectivity index (χ1) is 8.79. The first-order valence-corrected chi connectivity index (χ1v) is 7.28. The van der Waals surface area contributed by atoms with E-state index in [0.29, 0.717) is 11.9 Å². The molecule has 0 spiro atoms. The molecule has 18 heavy (non-hydrogen) atoms. The number of alkyl halides is 1. The molecule has 0 N–H and O–H groups in total. The molecule has 3 heterocycles. The molecule has 1 fully saturated rings. The number of aryl methyl sites for hydroxylation is 1. The molecule has 3 rings (SSSR count). The summed E-state index contributed by atoms with van der Waals surface area (Å²) < 4.78 is 8.60. The zero-order valence-corrected chi connectivity index (χ0v) is 12.1. The van der Waals surface area contributed by atoms with E-state index in [4.69, 9.17) is 16.3 Å². The van der Waals surface area contributed by atoms with Gasteiger partial charge in [0.1, 0.15) is 11.3 Å². The average molecular weight is 331 g/mol. The quantitative estimate of drug-likeness (QED) is 0.812. The van der Waals surface area contributed by atoms with Crippen LogP contribution in [0.2, 0.25) is 0 Å². The van der Waals surface area contributed by atoms with E-state index in [1.165, 1.54) is 0 Å². The second-order valence-corrected chi connectivity index (χ2v) is 5.64. The lowest BCUT2D eigenvalue weighted by molar-refractivity contribution is 0.186. The fraction of sp³-hybridized carbons (Fsp3) is 0.500. The molecule has 1 unspecified atom stereocenters. The number of fused-ring (bicyclic) bond motifs is 1. The number of hydrogen-bond acceptors (Lipinski definition) is 3. The molecule has 1 saturated heterocycles. The molecule has 0 bridgehead atoms. The van der Waals surface area contributed by atoms with Crippen molar-refractivity contribution >= 4 is 38.7 Å². The van der Waals surface area contributed by atoms with Gasteiger partial charge >= 0.3 is 0 Å². The maximum Gasteiger partial charge on any atom is 0.160 e. The highest BCUT2D eigenvalue weighted by atomic mass is 79.9. The van der Waals surface area contributed by atoms with Crippen molar-refractivity contribution in [2.75, 3.05) is 19.1 Å². The molecule has 1 atom stereocenters. The Bertz CT molecular complexity index is 566. The number of imidazole rings is 1. The van der Waals surface area contributed by atoms with Gasteiger partial charge in [0.25, 0.3) is 0 Å². The summed E-state index contributed by atoms with van der Waals surface area (Å²) in [5, 5.41) is 0. The van der Waals surface area contributed by atoms with Gasteiger partial charge in [-0.2, -0.15) is 0 Å². The molecule has 6 heteroatoms. The number of pyridine rings is 1. The second kappa shape index (κ2) is 5.15. The molecule has 0 radical (unpaired) electrons. The third kappa shape index (κ3) is 2.15. The molecule has 4 nitrogen and oxygen atoms in total. The molecule has 0 saturated carbocycles. The maximum atomic E-state index is 5.86. The summed E-state index contributed by atoms with van der Waals surface area (Å²) in [6.45, 7) is 1.54. The summed E-state index contributed by atoms with van der Waals surface area (Å²) in [4.78, 5) is 9.12. The van der Waals surface area contributed by atoms with Crippen LogP contribution in [0, 0.1) is 0 Å². The first kappa shape index (κ1) is 12.4. The molecule has 1 aliphatic rings. The Balaban J connectivity index is 2.14. The fourth-order valence-corrected chi connectivity index (χ4v) is 2.86. The molecule has 0 aliphatic carbocycles. The van der Waals surface area contributed by atoms with E-state index in [2.05, 4.69) is 30.5 Å². The van der Waals surface area contributed by atoms with E-state index < -0.39 is 0 Å². The van der Waals surface area contributed by atoms with E-state index in [9.17, 15) is 0 Å². The number of aromatic nitrogens is 3. The summed E-state index contributed by atoms with van der Waals surface area (Å²) in [6.07, 6.45) is 3.57. The van der Waals surface area contributed by atoms with Gasteiger partial charge in [0.15, 0.2) is 5.65 Å². The standard InChI is InChI=1S/C12H13BrClN3O/c13-8-5-10-12(15-6-8)17(9-2-4-18-7-9)11(16-10)1-3-14/h5-6,9H,1-4,7H2. The largest absolute Gasteiger partial charge is 0.379 e. The topological polar surface area (TPSA) is 39.9 Å². The van der Waals surface area contributed by atoms with Crippen molar-refractivity contribution in [2.45, 2.75) is 18.9 Å². The van der Waals surface area contributed by atoms with Gasteiger partial charge in [-0.05, 0) is 28.4 Å². The fourth-order valence-electron chi connectivity index (χ4n) is 2.37.